The Balaban J connectivity index is 1.83. The molecule has 1 atom stereocenters. The van der Waals surface area contributed by atoms with E-state index in [1.807, 2.05) is 35.0 Å². The van der Waals surface area contributed by atoms with Crippen molar-refractivity contribution in [2.45, 2.75) is 18.9 Å². The highest BCUT2D eigenvalue weighted by Crippen LogP contribution is 2.14. The van der Waals surface area contributed by atoms with Gasteiger partial charge in [0.05, 0.1) is 0 Å². The molecular formula is C15H14OS. The molecule has 0 aliphatic heterocycles. The molecule has 1 heterocycles. The summed E-state index contributed by atoms with van der Waals surface area (Å²) in [5.41, 5.74) is 2.18. The quantitative estimate of drug-likeness (QED) is 0.818. The molecule has 17 heavy (non-hydrogen) atoms. The summed E-state index contributed by atoms with van der Waals surface area (Å²) >= 11 is 1.58. The molecule has 0 aliphatic carbocycles. The summed E-state index contributed by atoms with van der Waals surface area (Å²) in [5, 5.41) is 13.6. The average Bonchev–Trinajstić information content (AvgIpc) is 2.89. The zero-order valence-corrected chi connectivity index (χ0v) is 10.3. The van der Waals surface area contributed by atoms with Gasteiger partial charge < -0.3 is 5.11 Å². The van der Waals surface area contributed by atoms with Gasteiger partial charge in [0.25, 0.3) is 0 Å². The van der Waals surface area contributed by atoms with Crippen LogP contribution in [0, 0.1) is 11.8 Å². The van der Waals surface area contributed by atoms with Crippen molar-refractivity contribution in [1.82, 2.24) is 0 Å². The monoisotopic (exact) mass is 242 g/mol. The van der Waals surface area contributed by atoms with Crippen LogP contribution in [0.1, 0.15) is 23.7 Å². The standard InChI is InChI=1S/C15H14OS/c16-15(14-10-11-17-12-14)9-5-4-8-13-6-2-1-3-7-13/h1-3,6-7,10-12,15-16H,4,8H2/t15-/m0/s1. The van der Waals surface area contributed by atoms with Crippen LogP contribution in [0.15, 0.2) is 47.2 Å². The number of benzene rings is 1. The SMILES string of the molecule is O[C@@H](C#CCCc1ccccc1)c1ccsc1. The van der Waals surface area contributed by atoms with Crippen molar-refractivity contribution in [3.63, 3.8) is 0 Å². The Bertz CT molecular complexity index is 491. The summed E-state index contributed by atoms with van der Waals surface area (Å²) in [6.45, 7) is 0. The van der Waals surface area contributed by atoms with Crippen molar-refractivity contribution >= 4 is 11.3 Å². The van der Waals surface area contributed by atoms with Crippen molar-refractivity contribution in [2.75, 3.05) is 0 Å². The van der Waals surface area contributed by atoms with Crippen LogP contribution < -0.4 is 0 Å². The number of hydrogen-bond donors (Lipinski definition) is 1. The first-order valence-electron chi connectivity index (χ1n) is 5.59. The Morgan fingerprint density at radius 3 is 2.71 bits per heavy atom. The fraction of sp³-hybridized carbons (Fsp3) is 0.200. The van der Waals surface area contributed by atoms with Gasteiger partial charge in [-0.15, -0.1) is 0 Å². The van der Waals surface area contributed by atoms with E-state index < -0.39 is 6.10 Å². The summed E-state index contributed by atoms with van der Waals surface area (Å²) in [4.78, 5) is 0. The van der Waals surface area contributed by atoms with Crippen LogP contribution in [0.2, 0.25) is 0 Å². The lowest BCUT2D eigenvalue weighted by Gasteiger charge is -1.98. The predicted molar refractivity (Wildman–Crippen MR) is 71.8 cm³/mol. The van der Waals surface area contributed by atoms with Gasteiger partial charge >= 0.3 is 0 Å². The molecule has 1 aromatic carbocycles. The molecule has 0 spiro atoms. The van der Waals surface area contributed by atoms with E-state index >= 15 is 0 Å². The van der Waals surface area contributed by atoms with E-state index in [0.29, 0.717) is 0 Å². The summed E-state index contributed by atoms with van der Waals surface area (Å²) in [5.74, 6) is 5.89. The second-order valence-electron chi connectivity index (χ2n) is 3.77. The lowest BCUT2D eigenvalue weighted by molar-refractivity contribution is 0.239. The molecule has 1 aromatic heterocycles. The Morgan fingerprint density at radius 2 is 2.00 bits per heavy atom. The minimum absolute atomic E-state index is 0.642. The first kappa shape index (κ1) is 11.9. The van der Waals surface area contributed by atoms with E-state index in [1.165, 1.54) is 5.56 Å². The smallest absolute Gasteiger partial charge is 0.141 e. The Morgan fingerprint density at radius 1 is 1.18 bits per heavy atom. The van der Waals surface area contributed by atoms with E-state index in [0.717, 1.165) is 18.4 Å². The zero-order valence-electron chi connectivity index (χ0n) is 9.47. The fourth-order valence-electron chi connectivity index (χ4n) is 1.53. The van der Waals surface area contributed by atoms with Crippen LogP contribution in [-0.4, -0.2) is 5.11 Å². The van der Waals surface area contributed by atoms with E-state index in [-0.39, 0.29) is 0 Å². The zero-order chi connectivity index (χ0) is 11.9. The van der Waals surface area contributed by atoms with Gasteiger partial charge in [0.1, 0.15) is 6.10 Å². The van der Waals surface area contributed by atoms with Crippen molar-refractivity contribution in [2.24, 2.45) is 0 Å². The molecule has 0 saturated heterocycles. The van der Waals surface area contributed by atoms with Gasteiger partial charge in [0.15, 0.2) is 0 Å². The predicted octanol–water partition coefficient (Wildman–Crippen LogP) is 3.42. The largest absolute Gasteiger partial charge is 0.376 e. The second kappa shape index (κ2) is 6.24. The van der Waals surface area contributed by atoms with Crippen molar-refractivity contribution in [3.05, 3.63) is 58.3 Å². The number of aliphatic hydroxyl groups is 1. The number of hydrogen-bond acceptors (Lipinski definition) is 2. The third-order valence-corrected chi connectivity index (χ3v) is 3.18. The summed E-state index contributed by atoms with van der Waals surface area (Å²) < 4.78 is 0. The molecule has 2 rings (SSSR count). The van der Waals surface area contributed by atoms with Crippen LogP contribution in [0.5, 0.6) is 0 Å². The highest BCUT2D eigenvalue weighted by atomic mass is 32.1. The number of aliphatic hydroxyl groups excluding tert-OH is 1. The van der Waals surface area contributed by atoms with E-state index in [9.17, 15) is 5.11 Å². The van der Waals surface area contributed by atoms with Crippen LogP contribution >= 0.6 is 11.3 Å². The Kier molecular flexibility index (Phi) is 4.37. The molecule has 2 heteroatoms. The number of aryl methyl sites for hydroxylation is 1. The number of rotatable bonds is 3. The normalized spacial score (nSPS) is 11.6. The minimum Gasteiger partial charge on any atom is -0.376 e. The maximum atomic E-state index is 9.74. The Labute approximate surface area is 106 Å². The van der Waals surface area contributed by atoms with Gasteiger partial charge in [-0.25, -0.2) is 0 Å². The molecule has 1 N–H and O–H groups in total. The highest BCUT2D eigenvalue weighted by molar-refractivity contribution is 7.07. The number of thiophene rings is 1. The van der Waals surface area contributed by atoms with Crippen LogP contribution in [0.4, 0.5) is 0 Å². The summed E-state index contributed by atoms with van der Waals surface area (Å²) in [6.07, 6.45) is 1.08. The van der Waals surface area contributed by atoms with Gasteiger partial charge in [-0.05, 0) is 28.8 Å². The Hall–Kier alpha value is -1.56. The third-order valence-electron chi connectivity index (χ3n) is 2.48. The van der Waals surface area contributed by atoms with Crippen molar-refractivity contribution in [1.29, 1.82) is 0 Å². The lowest BCUT2D eigenvalue weighted by atomic mass is 10.1. The topological polar surface area (TPSA) is 20.2 Å². The van der Waals surface area contributed by atoms with Crippen LogP contribution in [-0.2, 0) is 6.42 Å². The molecule has 0 bridgehead atoms. The molecule has 86 valence electrons. The highest BCUT2D eigenvalue weighted by Gasteiger charge is 2.01. The average molecular weight is 242 g/mol. The second-order valence-corrected chi connectivity index (χ2v) is 4.55. The first-order valence-corrected chi connectivity index (χ1v) is 6.53. The van der Waals surface area contributed by atoms with Gasteiger partial charge in [0, 0.05) is 12.0 Å². The molecule has 2 aromatic rings. The van der Waals surface area contributed by atoms with E-state index in [2.05, 4.69) is 24.0 Å². The molecule has 0 unspecified atom stereocenters. The van der Waals surface area contributed by atoms with E-state index in [4.69, 9.17) is 0 Å². The molecule has 1 nitrogen and oxygen atoms in total. The van der Waals surface area contributed by atoms with Crippen molar-refractivity contribution < 1.29 is 5.11 Å². The molecule has 0 saturated carbocycles. The van der Waals surface area contributed by atoms with Crippen LogP contribution in [0.25, 0.3) is 0 Å². The molecule has 0 radical (unpaired) electrons. The molecule has 0 fully saturated rings. The van der Waals surface area contributed by atoms with Gasteiger partial charge in [-0.3, -0.25) is 0 Å². The summed E-state index contributed by atoms with van der Waals surface area (Å²) in [6, 6.07) is 12.2. The van der Waals surface area contributed by atoms with Crippen molar-refractivity contribution in [3.8, 4) is 11.8 Å². The minimum atomic E-state index is -0.642. The molecule has 0 aliphatic rings. The van der Waals surface area contributed by atoms with Crippen LogP contribution in [0.3, 0.4) is 0 Å². The molecule has 0 amide bonds. The maximum Gasteiger partial charge on any atom is 0.141 e. The summed E-state index contributed by atoms with van der Waals surface area (Å²) in [7, 11) is 0. The maximum absolute atomic E-state index is 9.74. The molecular weight excluding hydrogens is 228 g/mol. The van der Waals surface area contributed by atoms with E-state index in [1.54, 1.807) is 11.3 Å². The fourth-order valence-corrected chi connectivity index (χ4v) is 2.21. The van der Waals surface area contributed by atoms with Gasteiger partial charge in [-0.2, -0.15) is 11.3 Å². The third kappa shape index (κ3) is 3.74. The van der Waals surface area contributed by atoms with Gasteiger partial charge in [0.2, 0.25) is 0 Å². The van der Waals surface area contributed by atoms with Gasteiger partial charge in [-0.1, -0.05) is 42.2 Å². The first-order chi connectivity index (χ1) is 8.36. The lowest BCUT2D eigenvalue weighted by Crippen LogP contribution is -1.90.